The molecule has 0 amide bonds. The Balaban J connectivity index is 3.09. The van der Waals surface area contributed by atoms with Crippen molar-refractivity contribution in [1.82, 2.24) is 0 Å². The molecule has 0 saturated heterocycles. The van der Waals surface area contributed by atoms with Crippen molar-refractivity contribution in [2.24, 2.45) is 4.99 Å². The predicted molar refractivity (Wildman–Crippen MR) is 50.9 cm³/mol. The summed E-state index contributed by atoms with van der Waals surface area (Å²) in [6, 6.07) is 5.28. The van der Waals surface area contributed by atoms with Crippen molar-refractivity contribution in [2.75, 3.05) is 7.11 Å². The van der Waals surface area contributed by atoms with Gasteiger partial charge in [0.2, 0.25) is 0 Å². The van der Waals surface area contributed by atoms with Crippen LogP contribution in [0.2, 0.25) is 5.02 Å². The zero-order valence-corrected chi connectivity index (χ0v) is 8.84. The minimum atomic E-state index is 0.550. The number of methoxy groups -OCH3 is 1. The molecule has 0 aliphatic carbocycles. The number of hydrogen-bond acceptors (Lipinski definition) is 2. The monoisotopic (exact) mass is 247 g/mol. The molecule has 0 spiro atoms. The molecule has 1 aromatic carbocycles. The molecular formula is C8H6ClNOSe. The number of rotatable bonds is 2. The SMILES string of the molecule is COc1ccc(N=C=[Se])cc1Cl. The fraction of sp³-hybridized carbons (Fsp3) is 0.125. The average molecular weight is 247 g/mol. The number of benzene rings is 1. The summed E-state index contributed by atoms with van der Waals surface area (Å²) in [5.41, 5.74) is 0.750. The van der Waals surface area contributed by atoms with Gasteiger partial charge in [0.25, 0.3) is 0 Å². The first kappa shape index (κ1) is 9.50. The number of nitrogens with zero attached hydrogens (tertiary/aromatic N) is 1. The molecular weight excluding hydrogens is 241 g/mol. The molecule has 4 heteroatoms. The van der Waals surface area contributed by atoms with E-state index < -0.39 is 0 Å². The van der Waals surface area contributed by atoms with Gasteiger partial charge in [0, 0.05) is 0 Å². The maximum atomic E-state index is 5.84. The Morgan fingerprint density at radius 1 is 1.58 bits per heavy atom. The molecule has 0 unspecified atom stereocenters. The number of ether oxygens (including phenoxy) is 1. The molecule has 2 nitrogen and oxygen atoms in total. The average Bonchev–Trinajstić information content (AvgIpc) is 2.05. The van der Waals surface area contributed by atoms with Gasteiger partial charge in [-0.3, -0.25) is 0 Å². The fourth-order valence-electron chi connectivity index (χ4n) is 0.778. The Morgan fingerprint density at radius 3 is 2.83 bits per heavy atom. The molecule has 0 atom stereocenters. The van der Waals surface area contributed by atoms with Gasteiger partial charge in [-0.25, -0.2) is 0 Å². The van der Waals surface area contributed by atoms with E-state index in [9.17, 15) is 0 Å². The quantitative estimate of drug-likeness (QED) is 0.578. The second-order valence-electron chi connectivity index (χ2n) is 2.02. The van der Waals surface area contributed by atoms with Crippen LogP contribution in [0.1, 0.15) is 0 Å². The Kier molecular flexibility index (Phi) is 3.51. The van der Waals surface area contributed by atoms with Crippen molar-refractivity contribution in [2.45, 2.75) is 0 Å². The van der Waals surface area contributed by atoms with E-state index in [0.29, 0.717) is 10.8 Å². The van der Waals surface area contributed by atoms with Gasteiger partial charge in [-0.15, -0.1) is 0 Å². The summed E-state index contributed by atoms with van der Waals surface area (Å²) in [5.74, 6) is 0.649. The fourth-order valence-corrected chi connectivity index (χ4v) is 1.25. The van der Waals surface area contributed by atoms with Gasteiger partial charge in [-0.2, -0.15) is 0 Å². The Hall–Kier alpha value is -0.591. The zero-order chi connectivity index (χ0) is 8.97. The van der Waals surface area contributed by atoms with Gasteiger partial charge in [0.15, 0.2) is 0 Å². The van der Waals surface area contributed by atoms with Crippen LogP contribution in [0.25, 0.3) is 0 Å². The van der Waals surface area contributed by atoms with Crippen LogP contribution in [0.3, 0.4) is 0 Å². The second-order valence-corrected chi connectivity index (χ2v) is 2.81. The van der Waals surface area contributed by atoms with Crippen molar-refractivity contribution in [3.63, 3.8) is 0 Å². The third-order valence-corrected chi connectivity index (χ3v) is 1.80. The van der Waals surface area contributed by atoms with Crippen LogP contribution in [0, 0.1) is 0 Å². The van der Waals surface area contributed by atoms with Crippen LogP contribution >= 0.6 is 11.6 Å². The van der Waals surface area contributed by atoms with Crippen molar-refractivity contribution in [1.29, 1.82) is 0 Å². The van der Waals surface area contributed by atoms with Crippen LogP contribution in [-0.4, -0.2) is 27.4 Å². The first-order chi connectivity index (χ1) is 5.77. The molecule has 0 aromatic heterocycles. The van der Waals surface area contributed by atoms with Gasteiger partial charge >= 0.3 is 83.4 Å². The summed E-state index contributed by atoms with van der Waals surface area (Å²) < 4.78 is 7.53. The third kappa shape index (κ3) is 2.20. The number of aliphatic imine (C=N–C) groups is 1. The van der Waals surface area contributed by atoms with Crippen LogP contribution in [0.4, 0.5) is 5.69 Å². The van der Waals surface area contributed by atoms with Gasteiger partial charge in [0.05, 0.1) is 0 Å². The van der Waals surface area contributed by atoms with E-state index in [1.165, 1.54) is 0 Å². The normalized spacial score (nSPS) is 8.83. The van der Waals surface area contributed by atoms with E-state index in [4.69, 9.17) is 16.3 Å². The molecule has 1 rings (SSSR count). The van der Waals surface area contributed by atoms with E-state index >= 15 is 0 Å². The predicted octanol–water partition coefficient (Wildman–Crippen LogP) is 2.05. The van der Waals surface area contributed by atoms with Gasteiger partial charge in [-0.05, 0) is 0 Å². The first-order valence-electron chi connectivity index (χ1n) is 3.19. The van der Waals surface area contributed by atoms with Gasteiger partial charge < -0.3 is 0 Å². The van der Waals surface area contributed by atoms with E-state index in [0.717, 1.165) is 5.69 Å². The maximum absolute atomic E-state index is 5.84. The molecule has 1 aromatic rings. The topological polar surface area (TPSA) is 21.6 Å². The minimum absolute atomic E-state index is 0.550. The van der Waals surface area contributed by atoms with Crippen molar-refractivity contribution in [3.05, 3.63) is 23.2 Å². The Labute approximate surface area is 83.6 Å². The molecule has 0 bridgehead atoms. The first-order valence-corrected chi connectivity index (χ1v) is 4.43. The third-order valence-electron chi connectivity index (χ3n) is 1.31. The molecule has 0 aliphatic rings. The molecule has 0 aliphatic heterocycles. The molecule has 0 radical (unpaired) electrons. The standard InChI is InChI=1S/C8H6ClNOSe/c1-11-8-3-2-6(10-5-12)4-7(8)9/h2-4H,1H3. The summed E-state index contributed by atoms with van der Waals surface area (Å²) in [4.78, 5) is 3.90. The Morgan fingerprint density at radius 2 is 2.33 bits per heavy atom. The summed E-state index contributed by atoms with van der Waals surface area (Å²) in [6.07, 6.45) is 0. The molecule has 0 saturated carbocycles. The number of halogens is 1. The van der Waals surface area contributed by atoms with Crippen LogP contribution in [0.15, 0.2) is 23.2 Å². The van der Waals surface area contributed by atoms with E-state index in [1.807, 2.05) is 0 Å². The molecule has 0 heterocycles. The summed E-state index contributed by atoms with van der Waals surface area (Å²) in [6.45, 7) is 0. The van der Waals surface area contributed by atoms with Crippen molar-refractivity contribution < 1.29 is 4.74 Å². The summed E-state index contributed by atoms with van der Waals surface area (Å²) in [7, 11) is 1.57. The van der Waals surface area contributed by atoms with Crippen molar-refractivity contribution >= 4 is 37.6 Å². The molecule has 0 N–H and O–H groups in total. The number of hydrogen-bond donors (Lipinski definition) is 0. The van der Waals surface area contributed by atoms with Crippen LogP contribution < -0.4 is 4.74 Å². The second kappa shape index (κ2) is 4.44. The van der Waals surface area contributed by atoms with Crippen LogP contribution in [-0.2, 0) is 0 Å². The zero-order valence-electron chi connectivity index (χ0n) is 6.37. The molecule has 62 valence electrons. The van der Waals surface area contributed by atoms with E-state index in [1.54, 1.807) is 25.3 Å². The van der Waals surface area contributed by atoms with E-state index in [2.05, 4.69) is 25.3 Å². The van der Waals surface area contributed by atoms with Crippen LogP contribution in [0.5, 0.6) is 5.75 Å². The van der Waals surface area contributed by atoms with Gasteiger partial charge in [-0.1, -0.05) is 0 Å². The van der Waals surface area contributed by atoms with Gasteiger partial charge in [0.1, 0.15) is 0 Å². The van der Waals surface area contributed by atoms with E-state index in [-0.39, 0.29) is 0 Å². The molecule has 0 fully saturated rings. The Bertz CT molecular complexity index is 334. The summed E-state index contributed by atoms with van der Waals surface area (Å²) >= 11 is 8.39. The van der Waals surface area contributed by atoms with Crippen molar-refractivity contribution in [3.8, 4) is 5.75 Å². The summed E-state index contributed by atoms with van der Waals surface area (Å²) in [5, 5.41) is 0.550. The molecule has 12 heavy (non-hydrogen) atoms.